The van der Waals surface area contributed by atoms with E-state index in [-0.39, 0.29) is 21.5 Å². The molecule has 0 amide bonds. The molecule has 0 saturated heterocycles. The van der Waals surface area contributed by atoms with E-state index in [9.17, 15) is 21.6 Å². The van der Waals surface area contributed by atoms with E-state index in [1.807, 2.05) is 0 Å². The summed E-state index contributed by atoms with van der Waals surface area (Å²) in [5.74, 6) is 0. The van der Waals surface area contributed by atoms with E-state index >= 15 is 0 Å². The van der Waals surface area contributed by atoms with Crippen molar-refractivity contribution < 1.29 is 21.6 Å². The van der Waals surface area contributed by atoms with Gasteiger partial charge in [-0.25, -0.2) is 12.4 Å². The molecule has 9 heteroatoms. The maximum Gasteiger partial charge on any atom is 0.433 e. The molecule has 0 atom stereocenters. The van der Waals surface area contributed by atoms with Crippen LogP contribution in [-0.4, -0.2) is 22.4 Å². The molecule has 4 rings (SSSR count). The van der Waals surface area contributed by atoms with Crippen molar-refractivity contribution in [3.8, 4) is 11.1 Å². The lowest BCUT2D eigenvalue weighted by Crippen LogP contribution is -2.12. The largest absolute Gasteiger partial charge is 0.433 e. The van der Waals surface area contributed by atoms with Crippen molar-refractivity contribution in [1.82, 2.24) is 13.9 Å². The molecule has 0 unspecified atom stereocenters. The van der Waals surface area contributed by atoms with Gasteiger partial charge in [-0.2, -0.15) is 13.2 Å². The maximum absolute atomic E-state index is 13.3. The van der Waals surface area contributed by atoms with Crippen LogP contribution in [0, 0.1) is 0 Å². The van der Waals surface area contributed by atoms with Gasteiger partial charge in [0, 0.05) is 35.7 Å². The Kier molecular flexibility index (Phi) is 4.19. The molecule has 142 valence electrons. The van der Waals surface area contributed by atoms with Crippen LogP contribution in [0.1, 0.15) is 5.69 Å². The van der Waals surface area contributed by atoms with Crippen LogP contribution in [0.4, 0.5) is 13.2 Å². The summed E-state index contributed by atoms with van der Waals surface area (Å²) in [5.41, 5.74) is -0.668. The van der Waals surface area contributed by atoms with E-state index in [0.717, 1.165) is 10.2 Å². The van der Waals surface area contributed by atoms with Gasteiger partial charge in [0.1, 0.15) is 4.90 Å². The fourth-order valence-corrected chi connectivity index (χ4v) is 4.27. The molecule has 3 aromatic heterocycles. The Morgan fingerprint density at radius 1 is 0.964 bits per heavy atom. The summed E-state index contributed by atoms with van der Waals surface area (Å²) in [4.78, 5) is 7.26. The van der Waals surface area contributed by atoms with E-state index in [0.29, 0.717) is 5.39 Å². The number of alkyl halides is 3. The second-order valence-corrected chi connectivity index (χ2v) is 7.79. The third-order valence-corrected chi connectivity index (χ3v) is 5.91. The highest BCUT2D eigenvalue weighted by Crippen LogP contribution is 2.36. The van der Waals surface area contributed by atoms with Gasteiger partial charge >= 0.3 is 6.18 Å². The smallest absolute Gasteiger partial charge is 0.263 e. The second kappa shape index (κ2) is 6.45. The van der Waals surface area contributed by atoms with Gasteiger partial charge in [0.05, 0.1) is 5.52 Å². The normalized spacial score (nSPS) is 12.4. The number of benzene rings is 1. The predicted molar refractivity (Wildman–Crippen MR) is 97.0 cm³/mol. The SMILES string of the molecule is O=S(=O)(c1cccnc1)n1ccc2ccc(-c3cccnc3C(F)(F)F)cc21. The predicted octanol–water partition coefficient (Wildman–Crippen LogP) is 4.35. The van der Waals surface area contributed by atoms with Crippen LogP contribution in [0.15, 0.2) is 78.2 Å². The molecule has 28 heavy (non-hydrogen) atoms. The van der Waals surface area contributed by atoms with Gasteiger partial charge in [-0.1, -0.05) is 18.2 Å². The zero-order chi connectivity index (χ0) is 19.9. The fourth-order valence-electron chi connectivity index (χ4n) is 2.96. The van der Waals surface area contributed by atoms with Crippen LogP contribution >= 0.6 is 0 Å². The van der Waals surface area contributed by atoms with Gasteiger partial charge in [-0.15, -0.1) is 0 Å². The monoisotopic (exact) mass is 403 g/mol. The third-order valence-electron chi connectivity index (χ3n) is 4.24. The minimum atomic E-state index is -4.63. The minimum absolute atomic E-state index is 0.0183. The number of halogens is 3. The first-order valence-electron chi connectivity index (χ1n) is 8.08. The molecule has 0 aliphatic rings. The molecule has 0 bridgehead atoms. The molecule has 0 fully saturated rings. The van der Waals surface area contributed by atoms with E-state index in [1.54, 1.807) is 12.1 Å². The molecule has 0 N–H and O–H groups in total. The number of fused-ring (bicyclic) bond motifs is 1. The average molecular weight is 403 g/mol. The number of rotatable bonds is 3. The van der Waals surface area contributed by atoms with Crippen LogP contribution in [0.5, 0.6) is 0 Å². The Bertz CT molecular complexity index is 1270. The number of hydrogen-bond acceptors (Lipinski definition) is 4. The van der Waals surface area contributed by atoms with Crippen molar-refractivity contribution in [2.24, 2.45) is 0 Å². The van der Waals surface area contributed by atoms with E-state index in [1.165, 1.54) is 55.0 Å². The summed E-state index contributed by atoms with van der Waals surface area (Å²) in [6.07, 6.45) is 0.473. The van der Waals surface area contributed by atoms with Crippen LogP contribution in [0.3, 0.4) is 0 Å². The zero-order valence-electron chi connectivity index (χ0n) is 14.1. The molecule has 0 spiro atoms. The second-order valence-electron chi connectivity index (χ2n) is 5.98. The summed E-state index contributed by atoms with van der Waals surface area (Å²) in [6.45, 7) is 0. The van der Waals surface area contributed by atoms with Crippen molar-refractivity contribution in [3.05, 3.63) is 79.0 Å². The van der Waals surface area contributed by atoms with Crippen molar-refractivity contribution in [1.29, 1.82) is 0 Å². The molecule has 1 aromatic carbocycles. The van der Waals surface area contributed by atoms with Crippen LogP contribution in [0.25, 0.3) is 22.0 Å². The van der Waals surface area contributed by atoms with Crippen molar-refractivity contribution in [2.45, 2.75) is 11.1 Å². The van der Waals surface area contributed by atoms with Gasteiger partial charge < -0.3 is 0 Å². The third kappa shape index (κ3) is 3.03. The Morgan fingerprint density at radius 3 is 2.46 bits per heavy atom. The van der Waals surface area contributed by atoms with E-state index in [4.69, 9.17) is 0 Å². The zero-order valence-corrected chi connectivity index (χ0v) is 14.9. The Morgan fingerprint density at radius 2 is 1.75 bits per heavy atom. The Hall–Kier alpha value is -3.20. The highest BCUT2D eigenvalue weighted by Gasteiger charge is 2.35. The standard InChI is InChI=1S/C19H12F3N3O2S/c20-19(21,22)18-16(4-2-9-24-18)14-6-5-13-7-10-25(17(13)11-14)28(26,27)15-3-1-8-23-12-15/h1-12H. The maximum atomic E-state index is 13.3. The number of aromatic nitrogens is 3. The van der Waals surface area contributed by atoms with E-state index in [2.05, 4.69) is 9.97 Å². The van der Waals surface area contributed by atoms with Gasteiger partial charge in [0.2, 0.25) is 0 Å². The lowest BCUT2D eigenvalue weighted by atomic mass is 10.0. The molecule has 0 aliphatic heterocycles. The van der Waals surface area contributed by atoms with E-state index < -0.39 is 21.9 Å². The molecule has 0 aliphatic carbocycles. The van der Waals surface area contributed by atoms with Crippen LogP contribution < -0.4 is 0 Å². The molecule has 0 saturated carbocycles. The molecule has 5 nitrogen and oxygen atoms in total. The summed E-state index contributed by atoms with van der Waals surface area (Å²) in [6, 6.07) is 11.7. The minimum Gasteiger partial charge on any atom is -0.263 e. The quantitative estimate of drug-likeness (QED) is 0.510. The van der Waals surface area contributed by atoms with Gasteiger partial charge in [0.25, 0.3) is 10.0 Å². The first-order valence-corrected chi connectivity index (χ1v) is 9.52. The lowest BCUT2D eigenvalue weighted by molar-refractivity contribution is -0.140. The summed E-state index contributed by atoms with van der Waals surface area (Å²) < 4.78 is 66.8. The van der Waals surface area contributed by atoms with Crippen molar-refractivity contribution in [3.63, 3.8) is 0 Å². The average Bonchev–Trinajstić information content (AvgIpc) is 3.12. The lowest BCUT2D eigenvalue weighted by Gasteiger charge is -2.12. The van der Waals surface area contributed by atoms with Gasteiger partial charge in [-0.05, 0) is 35.9 Å². The van der Waals surface area contributed by atoms with Gasteiger partial charge in [0.15, 0.2) is 5.69 Å². The number of nitrogens with zero attached hydrogens (tertiary/aromatic N) is 3. The van der Waals surface area contributed by atoms with Crippen LogP contribution in [0.2, 0.25) is 0 Å². The summed E-state index contributed by atoms with van der Waals surface area (Å²) >= 11 is 0. The molecular weight excluding hydrogens is 391 g/mol. The first kappa shape index (κ1) is 18.2. The molecule has 4 aromatic rings. The highest BCUT2D eigenvalue weighted by atomic mass is 32.2. The van der Waals surface area contributed by atoms with Crippen molar-refractivity contribution in [2.75, 3.05) is 0 Å². The Balaban J connectivity index is 1.92. The number of hydrogen-bond donors (Lipinski definition) is 0. The van der Waals surface area contributed by atoms with Crippen molar-refractivity contribution >= 4 is 20.9 Å². The van der Waals surface area contributed by atoms with Crippen LogP contribution in [-0.2, 0) is 16.2 Å². The summed E-state index contributed by atoms with van der Waals surface area (Å²) in [5, 5.41) is 0.577. The van der Waals surface area contributed by atoms with Gasteiger partial charge in [-0.3, -0.25) is 9.97 Å². The molecule has 0 radical (unpaired) electrons. The number of pyridine rings is 2. The topological polar surface area (TPSA) is 64.8 Å². The first-order chi connectivity index (χ1) is 13.3. The summed E-state index contributed by atoms with van der Waals surface area (Å²) in [7, 11) is -3.94. The molecule has 3 heterocycles. The fraction of sp³-hybridized carbons (Fsp3) is 0.0526. The highest BCUT2D eigenvalue weighted by molar-refractivity contribution is 7.90. The molecular formula is C19H12F3N3O2S. The Labute approximate surface area is 158 Å².